The summed E-state index contributed by atoms with van der Waals surface area (Å²) in [4.78, 5) is 8.79. The van der Waals surface area contributed by atoms with E-state index in [0.717, 1.165) is 27.4 Å². The van der Waals surface area contributed by atoms with Crippen LogP contribution in [0.2, 0.25) is 0 Å². The maximum Gasteiger partial charge on any atom is 0.150 e. The smallest absolute Gasteiger partial charge is 0.150 e. The summed E-state index contributed by atoms with van der Waals surface area (Å²) in [6, 6.07) is 8.06. The molecule has 2 aromatic heterocycles. The first-order chi connectivity index (χ1) is 9.56. The number of rotatable bonds is 2. The number of hydrogen-bond donors (Lipinski definition) is 2. The average molecular weight is 267 g/mol. The van der Waals surface area contributed by atoms with E-state index in [-0.39, 0.29) is 0 Å². The molecular weight excluding hydrogens is 250 g/mol. The summed E-state index contributed by atoms with van der Waals surface area (Å²) in [6.45, 7) is 3.81. The van der Waals surface area contributed by atoms with E-state index in [1.165, 1.54) is 0 Å². The van der Waals surface area contributed by atoms with Gasteiger partial charge in [-0.15, -0.1) is 0 Å². The summed E-state index contributed by atoms with van der Waals surface area (Å²) < 4.78 is 0. The van der Waals surface area contributed by atoms with Crippen LogP contribution in [0.1, 0.15) is 18.1 Å². The molecule has 20 heavy (non-hydrogen) atoms. The van der Waals surface area contributed by atoms with Crippen molar-refractivity contribution in [1.82, 2.24) is 9.97 Å². The minimum absolute atomic E-state index is 0.407. The first-order valence-corrected chi connectivity index (χ1v) is 6.68. The van der Waals surface area contributed by atoms with Gasteiger partial charge in [0.1, 0.15) is 5.52 Å². The highest BCUT2D eigenvalue weighted by molar-refractivity contribution is 6.09. The zero-order valence-corrected chi connectivity index (χ0v) is 11.6. The molecule has 2 heterocycles. The van der Waals surface area contributed by atoms with Crippen LogP contribution in [0.3, 0.4) is 0 Å². The Bertz CT molecular complexity index is 796. The highest BCUT2D eigenvalue weighted by atomic mass is 16.3. The van der Waals surface area contributed by atoms with E-state index in [0.29, 0.717) is 17.8 Å². The Morgan fingerprint density at radius 2 is 2.10 bits per heavy atom. The number of pyridine rings is 2. The molecule has 0 bridgehead atoms. The van der Waals surface area contributed by atoms with Crippen LogP contribution in [0.4, 0.5) is 5.82 Å². The molecule has 0 aliphatic heterocycles. The maximum atomic E-state index is 9.68. The van der Waals surface area contributed by atoms with Crippen LogP contribution in [-0.2, 0) is 6.42 Å². The summed E-state index contributed by atoms with van der Waals surface area (Å²) in [5.74, 6) is 0.436. The highest BCUT2D eigenvalue weighted by Gasteiger charge is 2.12. The third-order valence-electron chi connectivity index (χ3n) is 3.46. The van der Waals surface area contributed by atoms with Gasteiger partial charge >= 0.3 is 0 Å². The number of benzene rings is 1. The fourth-order valence-electron chi connectivity index (χ4n) is 2.61. The van der Waals surface area contributed by atoms with Gasteiger partial charge in [-0.05, 0) is 43.5 Å². The lowest BCUT2D eigenvalue weighted by Crippen LogP contribution is -2.06. The second-order valence-corrected chi connectivity index (χ2v) is 5.26. The fourth-order valence-corrected chi connectivity index (χ4v) is 2.61. The molecule has 0 saturated carbocycles. The lowest BCUT2D eigenvalue weighted by molar-refractivity contribution is 0.196. The molecule has 0 aliphatic carbocycles. The average Bonchev–Trinajstić information content (AvgIpc) is 2.38. The Balaban J connectivity index is 2.44. The summed E-state index contributed by atoms with van der Waals surface area (Å²) in [6.07, 6.45) is 1.89. The number of fused-ring (bicyclic) bond motifs is 3. The standard InChI is InChI=1S/C16H17N3O/c1-9-3-4-12-13(7-9)19-16(17)15-14(12)11(5-6-18-15)8-10(2)20/h3-7,10,20H,8H2,1-2H3,(H2,17,19). The molecule has 0 amide bonds. The van der Waals surface area contributed by atoms with Crippen molar-refractivity contribution >= 4 is 27.6 Å². The number of aliphatic hydroxyl groups is 1. The summed E-state index contributed by atoms with van der Waals surface area (Å²) in [7, 11) is 0. The van der Waals surface area contributed by atoms with Crippen LogP contribution >= 0.6 is 0 Å². The zero-order valence-electron chi connectivity index (χ0n) is 11.6. The maximum absolute atomic E-state index is 9.68. The van der Waals surface area contributed by atoms with Crippen molar-refractivity contribution < 1.29 is 5.11 Å². The van der Waals surface area contributed by atoms with E-state index in [1.807, 2.05) is 25.1 Å². The van der Waals surface area contributed by atoms with Crippen molar-refractivity contribution in [3.8, 4) is 0 Å². The fraction of sp³-hybridized carbons (Fsp3) is 0.250. The van der Waals surface area contributed by atoms with Crippen molar-refractivity contribution in [3.63, 3.8) is 0 Å². The molecule has 0 aliphatic rings. The van der Waals surface area contributed by atoms with Crippen molar-refractivity contribution in [2.24, 2.45) is 0 Å². The molecule has 1 unspecified atom stereocenters. The Hall–Kier alpha value is -2.20. The summed E-state index contributed by atoms with van der Waals surface area (Å²) in [5, 5.41) is 11.7. The minimum atomic E-state index is -0.407. The zero-order chi connectivity index (χ0) is 14.3. The molecule has 1 aromatic carbocycles. The number of aliphatic hydroxyl groups excluding tert-OH is 1. The molecule has 0 saturated heterocycles. The third-order valence-corrected chi connectivity index (χ3v) is 3.46. The van der Waals surface area contributed by atoms with Crippen molar-refractivity contribution in [2.45, 2.75) is 26.4 Å². The summed E-state index contributed by atoms with van der Waals surface area (Å²) in [5.41, 5.74) is 9.81. The molecular formula is C16H17N3O. The second kappa shape index (κ2) is 4.72. The number of hydrogen-bond acceptors (Lipinski definition) is 4. The number of anilines is 1. The van der Waals surface area contributed by atoms with Crippen LogP contribution in [0.5, 0.6) is 0 Å². The summed E-state index contributed by atoms with van der Waals surface area (Å²) >= 11 is 0. The predicted octanol–water partition coefficient (Wildman–Crippen LogP) is 2.60. The molecule has 3 N–H and O–H groups in total. The molecule has 0 radical (unpaired) electrons. The third kappa shape index (κ3) is 2.08. The van der Waals surface area contributed by atoms with E-state index < -0.39 is 6.10 Å². The van der Waals surface area contributed by atoms with Crippen molar-refractivity contribution in [3.05, 3.63) is 41.6 Å². The number of aromatic nitrogens is 2. The molecule has 0 fully saturated rings. The number of nitrogens with zero attached hydrogens (tertiary/aromatic N) is 2. The van der Waals surface area contributed by atoms with E-state index in [9.17, 15) is 5.11 Å². The van der Waals surface area contributed by atoms with Gasteiger partial charge in [-0.3, -0.25) is 4.98 Å². The van der Waals surface area contributed by atoms with Gasteiger partial charge in [-0.25, -0.2) is 4.98 Å². The number of aryl methyl sites for hydroxylation is 1. The lowest BCUT2D eigenvalue weighted by atomic mass is 9.99. The quantitative estimate of drug-likeness (QED) is 0.700. The van der Waals surface area contributed by atoms with E-state index in [4.69, 9.17) is 5.73 Å². The van der Waals surface area contributed by atoms with Gasteiger partial charge in [0.2, 0.25) is 0 Å². The van der Waals surface area contributed by atoms with Crippen LogP contribution in [0, 0.1) is 6.92 Å². The van der Waals surface area contributed by atoms with E-state index in [2.05, 4.69) is 16.0 Å². The van der Waals surface area contributed by atoms with Gasteiger partial charge in [-0.2, -0.15) is 0 Å². The highest BCUT2D eigenvalue weighted by Crippen LogP contribution is 2.30. The number of nitrogen functional groups attached to an aromatic ring is 1. The Kier molecular flexibility index (Phi) is 3.03. The first-order valence-electron chi connectivity index (χ1n) is 6.68. The molecule has 0 spiro atoms. The predicted molar refractivity (Wildman–Crippen MR) is 81.6 cm³/mol. The Morgan fingerprint density at radius 1 is 1.30 bits per heavy atom. The van der Waals surface area contributed by atoms with E-state index >= 15 is 0 Å². The topological polar surface area (TPSA) is 72.0 Å². The van der Waals surface area contributed by atoms with Gasteiger partial charge in [-0.1, -0.05) is 12.1 Å². The van der Waals surface area contributed by atoms with Gasteiger partial charge in [0.15, 0.2) is 5.82 Å². The lowest BCUT2D eigenvalue weighted by Gasteiger charge is -2.12. The molecule has 1 atom stereocenters. The second-order valence-electron chi connectivity index (χ2n) is 5.26. The largest absolute Gasteiger partial charge is 0.393 e. The molecule has 4 heteroatoms. The van der Waals surface area contributed by atoms with Gasteiger partial charge in [0.05, 0.1) is 11.6 Å². The van der Waals surface area contributed by atoms with Crippen molar-refractivity contribution in [1.29, 1.82) is 0 Å². The van der Waals surface area contributed by atoms with Crippen LogP contribution < -0.4 is 5.73 Å². The first kappa shape index (κ1) is 12.8. The Morgan fingerprint density at radius 3 is 2.85 bits per heavy atom. The molecule has 3 rings (SSSR count). The minimum Gasteiger partial charge on any atom is -0.393 e. The molecule has 4 nitrogen and oxygen atoms in total. The van der Waals surface area contributed by atoms with Crippen LogP contribution in [0.25, 0.3) is 21.8 Å². The van der Waals surface area contributed by atoms with E-state index in [1.54, 1.807) is 13.1 Å². The molecule has 3 aromatic rings. The van der Waals surface area contributed by atoms with Gasteiger partial charge in [0.25, 0.3) is 0 Å². The van der Waals surface area contributed by atoms with Crippen LogP contribution in [-0.4, -0.2) is 21.2 Å². The SMILES string of the molecule is Cc1ccc2c(c1)nc(N)c1nccc(CC(C)O)c12. The van der Waals surface area contributed by atoms with Crippen LogP contribution in [0.15, 0.2) is 30.5 Å². The monoisotopic (exact) mass is 267 g/mol. The number of nitrogens with two attached hydrogens (primary N) is 1. The van der Waals surface area contributed by atoms with Crippen molar-refractivity contribution in [2.75, 3.05) is 5.73 Å². The van der Waals surface area contributed by atoms with Gasteiger partial charge < -0.3 is 10.8 Å². The Labute approximate surface area is 117 Å². The van der Waals surface area contributed by atoms with Gasteiger partial charge in [0, 0.05) is 17.0 Å². The molecule has 102 valence electrons. The normalized spacial score (nSPS) is 12.9.